The monoisotopic (exact) mass is 364 g/mol. The first-order chi connectivity index (χ1) is 8.22. The van der Waals surface area contributed by atoms with Crippen molar-refractivity contribution in [2.75, 3.05) is 13.2 Å². The van der Waals surface area contributed by atoms with Crippen LogP contribution in [0.3, 0.4) is 0 Å². The summed E-state index contributed by atoms with van der Waals surface area (Å²) >= 11 is -1.11. The molecule has 5 nitrogen and oxygen atoms in total. The van der Waals surface area contributed by atoms with Gasteiger partial charge in [-0.25, -0.2) is 0 Å². The van der Waals surface area contributed by atoms with Gasteiger partial charge in [0.1, 0.15) is 17.8 Å². The van der Waals surface area contributed by atoms with Gasteiger partial charge in [-0.1, -0.05) is 0 Å². The fourth-order valence-electron chi connectivity index (χ4n) is 0.806. The van der Waals surface area contributed by atoms with E-state index in [4.69, 9.17) is 10.4 Å². The Kier molecular flexibility index (Phi) is 13.5. The van der Waals surface area contributed by atoms with Gasteiger partial charge >= 0.3 is 62.5 Å². The Morgan fingerprint density at radius 3 is 1.78 bits per heavy atom. The Morgan fingerprint density at radius 2 is 1.50 bits per heavy atom. The Balaban J connectivity index is 0. The van der Waals surface area contributed by atoms with Gasteiger partial charge in [-0.3, -0.25) is 9.59 Å². The van der Waals surface area contributed by atoms with E-state index < -0.39 is 35.3 Å². The predicted octanol–water partition coefficient (Wildman–Crippen LogP) is 1.63. The molecule has 0 saturated carbocycles. The van der Waals surface area contributed by atoms with Crippen LogP contribution >= 0.6 is 0 Å². The van der Waals surface area contributed by atoms with Gasteiger partial charge in [0.15, 0.2) is 0 Å². The van der Waals surface area contributed by atoms with E-state index in [9.17, 15) is 9.59 Å². The number of Topliss-reactive ketones (excluding diaryl/α,β-unsaturated/α-hetero) is 1. The molecule has 0 aliphatic carbocycles. The molecule has 0 fully saturated rings. The van der Waals surface area contributed by atoms with Gasteiger partial charge in [0.05, 0.1) is 0 Å². The Bertz CT molecular complexity index is 231. The summed E-state index contributed by atoms with van der Waals surface area (Å²) in [5, 5.41) is 0. The van der Waals surface area contributed by atoms with E-state index in [1.54, 1.807) is 20.8 Å². The van der Waals surface area contributed by atoms with E-state index in [0.717, 1.165) is 13.2 Å². The summed E-state index contributed by atoms with van der Waals surface area (Å²) in [7, 11) is 0. The molecule has 0 spiro atoms. The minimum absolute atomic E-state index is 0.128. The molecule has 0 saturated heterocycles. The summed E-state index contributed by atoms with van der Waals surface area (Å²) in [6.45, 7) is 12.3. The maximum atomic E-state index is 10.8. The number of carbonyl (C=O) groups is 2. The first-order valence-corrected chi connectivity index (χ1v) is 9.39. The molecule has 0 aromatic carbocycles. The second-order valence-corrected chi connectivity index (χ2v) is 7.57. The number of carbonyl (C=O) groups excluding carboxylic acids is 2. The normalized spacial score (nSPS) is 10.1. The first kappa shape index (κ1) is 20.3. The van der Waals surface area contributed by atoms with Gasteiger partial charge in [0.2, 0.25) is 0 Å². The number of ether oxygens (including phenoxy) is 1. The van der Waals surface area contributed by atoms with Crippen LogP contribution in [-0.2, 0) is 20.0 Å². The third-order valence-corrected chi connectivity index (χ3v) is 4.67. The molecule has 0 aromatic rings. The first-order valence-electron chi connectivity index (χ1n) is 6.09. The van der Waals surface area contributed by atoms with Gasteiger partial charge < -0.3 is 4.74 Å². The zero-order valence-electron chi connectivity index (χ0n) is 12.4. The van der Waals surface area contributed by atoms with E-state index in [2.05, 4.69) is 0 Å². The van der Waals surface area contributed by atoms with E-state index in [1.807, 2.05) is 13.8 Å². The number of hydrogen-bond acceptors (Lipinski definition) is 5. The molecule has 0 bridgehead atoms. The summed E-state index contributed by atoms with van der Waals surface area (Å²) in [5.74, 6) is -0.621. The zero-order valence-corrected chi connectivity index (χ0v) is 16.4. The molecule has 0 aliphatic heterocycles. The van der Waals surface area contributed by atoms with Crippen LogP contribution in [0.1, 0.15) is 48.0 Å². The van der Waals surface area contributed by atoms with Crippen molar-refractivity contribution in [3.05, 3.63) is 0 Å². The zero-order chi connectivity index (χ0) is 14.6. The molecule has 106 valence electrons. The van der Waals surface area contributed by atoms with Crippen molar-refractivity contribution in [3.8, 4) is 0 Å². The number of rotatable bonds is 6. The van der Waals surface area contributed by atoms with Gasteiger partial charge in [0, 0.05) is 0 Å². The molecule has 6 heteroatoms. The molecule has 0 radical (unpaired) electrons. The molecule has 0 amide bonds. The van der Waals surface area contributed by atoms with Crippen LogP contribution in [0.2, 0.25) is 0 Å². The predicted molar refractivity (Wildman–Crippen MR) is 71.5 cm³/mol. The van der Waals surface area contributed by atoms with Crippen LogP contribution in [0, 0.1) is 0 Å². The molecule has 0 rings (SSSR count). The quantitative estimate of drug-likeness (QED) is 0.407. The van der Waals surface area contributed by atoms with Crippen LogP contribution in [0.15, 0.2) is 0 Å². The molecule has 0 aliphatic rings. The summed E-state index contributed by atoms with van der Waals surface area (Å²) in [4.78, 5) is 21.3. The minimum atomic E-state index is -1.11. The molecule has 0 N–H and O–H groups in total. The summed E-state index contributed by atoms with van der Waals surface area (Å²) in [6.07, 6.45) is -0.128. The van der Waals surface area contributed by atoms with Crippen molar-refractivity contribution >= 4 is 35.5 Å². The standard InChI is InChI=1S/C8H14O3.2C2H5O.In.H/c1-6(9)5-7(10)11-8(2,3)4;2*1-2-3;;/h5H2,1-4H3;2*2H2,1H3;;/q;2*-1;+2;. The van der Waals surface area contributed by atoms with Gasteiger partial charge in [-0.05, 0) is 27.7 Å². The van der Waals surface area contributed by atoms with Crippen LogP contribution in [0.25, 0.3) is 0 Å². The second kappa shape index (κ2) is 12.0. The molecular weight excluding hydrogens is 339 g/mol. The van der Waals surface area contributed by atoms with Crippen LogP contribution in [0.5, 0.6) is 0 Å². The van der Waals surface area contributed by atoms with Crippen molar-refractivity contribution < 1.29 is 20.0 Å². The second-order valence-electron chi connectivity index (χ2n) is 4.57. The van der Waals surface area contributed by atoms with E-state index in [-0.39, 0.29) is 12.2 Å². The van der Waals surface area contributed by atoms with Crippen molar-refractivity contribution in [1.82, 2.24) is 0 Å². The molecule has 0 unspecified atom stereocenters. The van der Waals surface area contributed by atoms with E-state index in [0.29, 0.717) is 0 Å². The van der Waals surface area contributed by atoms with Crippen LogP contribution in [0.4, 0.5) is 0 Å². The number of esters is 1. The van der Waals surface area contributed by atoms with Gasteiger partial charge in [-0.2, -0.15) is 0 Å². The third kappa shape index (κ3) is 21.2. The summed E-state index contributed by atoms with van der Waals surface area (Å²) in [6, 6.07) is 0. The van der Waals surface area contributed by atoms with Crippen molar-refractivity contribution in [2.45, 2.75) is 53.6 Å². The molecule has 0 heterocycles. The topological polar surface area (TPSA) is 61.8 Å². The number of hydrogen-bond donors (Lipinski definition) is 0. The maximum absolute atomic E-state index is 10.8. The van der Waals surface area contributed by atoms with Crippen molar-refractivity contribution in [3.63, 3.8) is 0 Å². The number of ketones is 1. The average Bonchev–Trinajstić information content (AvgIpc) is 2.15. The average molecular weight is 364 g/mol. The van der Waals surface area contributed by atoms with Crippen molar-refractivity contribution in [1.29, 1.82) is 0 Å². The molecule has 0 aromatic heterocycles. The molecule has 18 heavy (non-hydrogen) atoms. The Labute approximate surface area is 122 Å². The van der Waals surface area contributed by atoms with Crippen LogP contribution < -0.4 is 0 Å². The fourth-order valence-corrected chi connectivity index (χ4v) is 2.09. The van der Waals surface area contributed by atoms with Crippen LogP contribution in [-0.4, -0.2) is 54.3 Å². The third-order valence-electron chi connectivity index (χ3n) is 1.39. The Morgan fingerprint density at radius 1 is 1.06 bits per heavy atom. The Hall–Kier alpha value is -0.0699. The van der Waals surface area contributed by atoms with E-state index in [1.165, 1.54) is 6.92 Å². The molecule has 0 atom stereocenters. The summed E-state index contributed by atoms with van der Waals surface area (Å²) < 4.78 is 15.0. The SMILES string of the molecule is CC(=O)CC(=O)OC(C)(C)C.CC[O][InH][O]CC. The van der Waals surface area contributed by atoms with Gasteiger partial charge in [0.25, 0.3) is 0 Å². The fraction of sp³-hybridized carbons (Fsp3) is 0.833. The van der Waals surface area contributed by atoms with E-state index >= 15 is 0 Å². The van der Waals surface area contributed by atoms with Gasteiger partial charge in [-0.15, -0.1) is 0 Å². The molecular formula is C12H25InO5. The summed E-state index contributed by atoms with van der Waals surface area (Å²) in [5.41, 5.74) is -0.494. The van der Waals surface area contributed by atoms with Crippen molar-refractivity contribution in [2.24, 2.45) is 0 Å².